The van der Waals surface area contributed by atoms with Crippen molar-refractivity contribution in [2.24, 2.45) is 5.73 Å². The van der Waals surface area contributed by atoms with Gasteiger partial charge in [-0.2, -0.15) is 0 Å². The summed E-state index contributed by atoms with van der Waals surface area (Å²) in [5.74, 6) is -0.119. The minimum Gasteiger partial charge on any atom is -0.386 e. The molecule has 1 unspecified atom stereocenters. The van der Waals surface area contributed by atoms with Crippen LogP contribution >= 0.6 is 11.3 Å². The fraction of sp³-hybridized carbons (Fsp3) is 0.636. The number of amides is 1. The van der Waals surface area contributed by atoms with Crippen LogP contribution in [0.1, 0.15) is 41.8 Å². The second-order valence-electron chi connectivity index (χ2n) is 4.60. The Balaban J connectivity index is 2.01. The predicted molar refractivity (Wildman–Crippen MR) is 65.9 cm³/mol. The summed E-state index contributed by atoms with van der Waals surface area (Å²) in [4.78, 5) is 17.8. The molecule has 0 radical (unpaired) electrons. The van der Waals surface area contributed by atoms with Crippen LogP contribution in [0.4, 0.5) is 0 Å². The Morgan fingerprint density at radius 1 is 1.76 bits per heavy atom. The zero-order chi connectivity index (χ0) is 12.6. The molecule has 5 nitrogen and oxygen atoms in total. The molecule has 0 aromatic carbocycles. The highest BCUT2D eigenvalue weighted by molar-refractivity contribution is 7.09. The molecular formula is C11H17N3O2S. The number of hydrogen-bond acceptors (Lipinski definition) is 5. The average molecular weight is 255 g/mol. The third-order valence-electron chi connectivity index (χ3n) is 3.05. The van der Waals surface area contributed by atoms with Gasteiger partial charge in [-0.15, -0.1) is 11.3 Å². The normalized spacial score (nSPS) is 19.9. The molecule has 1 fully saturated rings. The van der Waals surface area contributed by atoms with Gasteiger partial charge in [-0.1, -0.05) is 6.92 Å². The molecule has 2 rings (SSSR count). The number of aliphatic hydroxyl groups is 1. The average Bonchev–Trinajstić information content (AvgIpc) is 2.73. The summed E-state index contributed by atoms with van der Waals surface area (Å²) in [5, 5.41) is 12.3. The van der Waals surface area contributed by atoms with E-state index in [2.05, 4.69) is 4.98 Å². The molecule has 1 aromatic heterocycles. The van der Waals surface area contributed by atoms with Gasteiger partial charge in [0.1, 0.15) is 10.7 Å². The van der Waals surface area contributed by atoms with Crippen molar-refractivity contribution in [1.29, 1.82) is 0 Å². The van der Waals surface area contributed by atoms with Crippen molar-refractivity contribution in [1.82, 2.24) is 9.88 Å². The summed E-state index contributed by atoms with van der Waals surface area (Å²) in [6, 6.07) is -0.148. The largest absolute Gasteiger partial charge is 0.386 e. The quantitative estimate of drug-likeness (QED) is 0.835. The third kappa shape index (κ3) is 2.34. The number of likely N-dealkylation sites (tertiary alicyclic amines) is 1. The first-order valence-corrected chi connectivity index (χ1v) is 6.56. The molecule has 1 saturated heterocycles. The van der Waals surface area contributed by atoms with E-state index in [-0.39, 0.29) is 11.9 Å². The van der Waals surface area contributed by atoms with E-state index in [0.717, 1.165) is 5.01 Å². The first kappa shape index (κ1) is 12.5. The van der Waals surface area contributed by atoms with Crippen molar-refractivity contribution < 1.29 is 9.90 Å². The molecular weight excluding hydrogens is 238 g/mol. The van der Waals surface area contributed by atoms with E-state index < -0.39 is 5.60 Å². The summed E-state index contributed by atoms with van der Waals surface area (Å²) < 4.78 is 0. The van der Waals surface area contributed by atoms with E-state index in [1.165, 1.54) is 11.3 Å². The molecule has 1 atom stereocenters. The van der Waals surface area contributed by atoms with E-state index >= 15 is 0 Å². The summed E-state index contributed by atoms with van der Waals surface area (Å²) in [5.41, 5.74) is 5.43. The summed E-state index contributed by atoms with van der Waals surface area (Å²) in [6.07, 6.45) is 0.666. The number of nitrogens with two attached hydrogens (primary N) is 1. The van der Waals surface area contributed by atoms with E-state index in [0.29, 0.717) is 25.2 Å². The van der Waals surface area contributed by atoms with Crippen molar-refractivity contribution in [3.05, 3.63) is 16.1 Å². The van der Waals surface area contributed by atoms with Gasteiger partial charge in [0.2, 0.25) is 0 Å². The lowest BCUT2D eigenvalue weighted by Gasteiger charge is -2.45. The highest BCUT2D eigenvalue weighted by atomic mass is 32.1. The molecule has 0 bridgehead atoms. The lowest BCUT2D eigenvalue weighted by atomic mass is 9.91. The maximum Gasteiger partial charge on any atom is 0.273 e. The van der Waals surface area contributed by atoms with Gasteiger partial charge in [0.25, 0.3) is 5.91 Å². The molecule has 17 heavy (non-hydrogen) atoms. The third-order valence-corrected chi connectivity index (χ3v) is 4.09. The van der Waals surface area contributed by atoms with Gasteiger partial charge in [0, 0.05) is 5.38 Å². The fourth-order valence-corrected chi connectivity index (χ4v) is 2.54. The Morgan fingerprint density at radius 3 is 2.88 bits per heavy atom. The van der Waals surface area contributed by atoms with Gasteiger partial charge < -0.3 is 15.7 Å². The lowest BCUT2D eigenvalue weighted by Crippen LogP contribution is -2.63. The second-order valence-corrected chi connectivity index (χ2v) is 5.49. The highest BCUT2D eigenvalue weighted by Crippen LogP contribution is 2.26. The smallest absolute Gasteiger partial charge is 0.273 e. The number of carbonyl (C=O) groups is 1. The van der Waals surface area contributed by atoms with Crippen molar-refractivity contribution in [3.63, 3.8) is 0 Å². The van der Waals surface area contributed by atoms with E-state index in [1.807, 2.05) is 13.8 Å². The predicted octanol–water partition coefficient (Wildman–Crippen LogP) is 0.760. The molecule has 6 heteroatoms. The van der Waals surface area contributed by atoms with E-state index in [4.69, 9.17) is 5.73 Å². The van der Waals surface area contributed by atoms with Gasteiger partial charge in [-0.3, -0.25) is 4.79 Å². The van der Waals surface area contributed by atoms with Gasteiger partial charge in [0.15, 0.2) is 0 Å². The Morgan fingerprint density at radius 2 is 2.41 bits per heavy atom. The molecule has 3 N–H and O–H groups in total. The number of β-amino-alcohol motifs (C(OH)–C–C–N with tert-alkyl or cyclic N) is 1. The van der Waals surface area contributed by atoms with Gasteiger partial charge in [0.05, 0.1) is 24.7 Å². The zero-order valence-corrected chi connectivity index (χ0v) is 10.8. The van der Waals surface area contributed by atoms with Crippen LogP contribution in [0.15, 0.2) is 5.38 Å². The Bertz CT molecular complexity index is 424. The molecule has 1 aromatic rings. The van der Waals surface area contributed by atoms with Crippen LogP contribution in [0.2, 0.25) is 0 Å². The first-order chi connectivity index (χ1) is 7.95. The lowest BCUT2D eigenvalue weighted by molar-refractivity contribution is -0.0828. The molecule has 94 valence electrons. The van der Waals surface area contributed by atoms with E-state index in [9.17, 15) is 9.90 Å². The van der Waals surface area contributed by atoms with Crippen molar-refractivity contribution in [3.8, 4) is 0 Å². The standard InChI is InChI=1S/C11H17N3O2S/c1-3-11(16)5-14(6-11)10(15)8-4-17-9(13-8)7(2)12/h4,7,16H,3,5-6,12H2,1-2H3. The van der Waals surface area contributed by atoms with Crippen LogP contribution in [0, 0.1) is 0 Å². The van der Waals surface area contributed by atoms with Crippen LogP contribution < -0.4 is 5.73 Å². The molecule has 2 heterocycles. The van der Waals surface area contributed by atoms with Gasteiger partial charge in [-0.05, 0) is 13.3 Å². The molecule has 0 saturated carbocycles. The summed E-state index contributed by atoms with van der Waals surface area (Å²) >= 11 is 1.40. The van der Waals surface area contributed by atoms with Crippen LogP contribution in [-0.2, 0) is 0 Å². The second kappa shape index (κ2) is 4.36. The monoisotopic (exact) mass is 255 g/mol. The molecule has 1 aliphatic heterocycles. The zero-order valence-electron chi connectivity index (χ0n) is 10.0. The van der Waals surface area contributed by atoms with E-state index in [1.54, 1.807) is 10.3 Å². The number of thiazole rings is 1. The number of rotatable bonds is 3. The van der Waals surface area contributed by atoms with Crippen molar-refractivity contribution >= 4 is 17.2 Å². The van der Waals surface area contributed by atoms with Gasteiger partial charge >= 0.3 is 0 Å². The molecule has 0 spiro atoms. The summed E-state index contributed by atoms with van der Waals surface area (Å²) in [6.45, 7) is 4.55. The Labute approximate surface area is 104 Å². The highest BCUT2D eigenvalue weighted by Gasteiger charge is 2.42. The van der Waals surface area contributed by atoms with Crippen LogP contribution in [0.25, 0.3) is 0 Å². The van der Waals surface area contributed by atoms with Crippen LogP contribution in [0.5, 0.6) is 0 Å². The molecule has 1 amide bonds. The Hall–Kier alpha value is -0.980. The number of nitrogens with zero attached hydrogens (tertiary/aromatic N) is 2. The van der Waals surface area contributed by atoms with Crippen LogP contribution in [0.3, 0.4) is 0 Å². The molecule has 0 aliphatic carbocycles. The number of hydrogen-bond donors (Lipinski definition) is 2. The molecule has 1 aliphatic rings. The first-order valence-electron chi connectivity index (χ1n) is 5.68. The topological polar surface area (TPSA) is 79.5 Å². The van der Waals surface area contributed by atoms with Crippen molar-refractivity contribution in [2.75, 3.05) is 13.1 Å². The Kier molecular flexibility index (Phi) is 3.20. The minimum absolute atomic E-state index is 0.119. The summed E-state index contributed by atoms with van der Waals surface area (Å²) in [7, 11) is 0. The maximum absolute atomic E-state index is 12.0. The minimum atomic E-state index is -0.699. The number of carbonyl (C=O) groups excluding carboxylic acids is 1. The maximum atomic E-state index is 12.0. The number of aromatic nitrogens is 1. The SMILES string of the molecule is CCC1(O)CN(C(=O)c2csc(C(C)N)n2)C1. The fourth-order valence-electron chi connectivity index (χ4n) is 1.79. The van der Waals surface area contributed by atoms with Gasteiger partial charge in [-0.25, -0.2) is 4.98 Å². The van der Waals surface area contributed by atoms with Crippen molar-refractivity contribution in [2.45, 2.75) is 31.9 Å². The van der Waals surface area contributed by atoms with Crippen LogP contribution in [-0.4, -0.2) is 39.6 Å².